The third-order valence-electron chi connectivity index (χ3n) is 5.70. The Bertz CT molecular complexity index is 304. The summed E-state index contributed by atoms with van der Waals surface area (Å²) in [6.07, 6.45) is 11.6. The molecule has 0 saturated heterocycles. The number of rotatable bonds is 4. The van der Waals surface area contributed by atoms with Gasteiger partial charge in [-0.1, -0.05) is 59.1 Å². The minimum absolute atomic E-state index is 0.617. The third-order valence-corrected chi connectivity index (χ3v) is 8.00. The Morgan fingerprint density at radius 2 is 2.00 bits per heavy atom. The molecule has 0 spiro atoms. The van der Waals surface area contributed by atoms with Gasteiger partial charge in [-0.3, -0.25) is 0 Å². The van der Waals surface area contributed by atoms with E-state index >= 15 is 0 Å². The fraction of sp³-hybridized carbons (Fsp3) is 1.00. The van der Waals surface area contributed by atoms with Crippen molar-refractivity contribution in [2.75, 3.05) is 5.33 Å². The van der Waals surface area contributed by atoms with Crippen molar-refractivity contribution in [3.8, 4) is 0 Å². The van der Waals surface area contributed by atoms with Crippen molar-refractivity contribution < 1.29 is 0 Å². The minimum Gasteiger partial charge on any atom is -0.0916 e. The van der Waals surface area contributed by atoms with Crippen LogP contribution in [-0.4, -0.2) is 10.2 Å². The Balaban J connectivity index is 2.23. The highest BCUT2D eigenvalue weighted by atomic mass is 79.9. The number of halogens is 2. The summed E-state index contributed by atoms with van der Waals surface area (Å²) in [7, 11) is 0. The zero-order valence-electron chi connectivity index (χ0n) is 12.9. The lowest BCUT2D eigenvalue weighted by Gasteiger charge is -2.49. The van der Waals surface area contributed by atoms with Crippen molar-refractivity contribution in [2.45, 2.75) is 77.0 Å². The second kappa shape index (κ2) is 6.38. The predicted octanol–water partition coefficient (Wildman–Crippen LogP) is 6.56. The Morgan fingerprint density at radius 3 is 2.63 bits per heavy atom. The van der Waals surface area contributed by atoms with Crippen molar-refractivity contribution in [3.63, 3.8) is 0 Å². The predicted molar refractivity (Wildman–Crippen MR) is 92.3 cm³/mol. The molecule has 2 fully saturated rings. The molecular weight excluding hydrogens is 364 g/mol. The first-order chi connectivity index (χ1) is 8.90. The quantitative estimate of drug-likeness (QED) is 0.474. The average Bonchev–Trinajstić information content (AvgIpc) is 2.42. The molecule has 0 aromatic heterocycles. The summed E-state index contributed by atoms with van der Waals surface area (Å²) >= 11 is 7.55. The highest BCUT2D eigenvalue weighted by molar-refractivity contribution is 9.12. The first-order valence-corrected chi connectivity index (χ1v) is 10.1. The van der Waals surface area contributed by atoms with Gasteiger partial charge in [0.25, 0.3) is 0 Å². The summed E-state index contributed by atoms with van der Waals surface area (Å²) in [6.45, 7) is 7.47. The molecule has 2 bridgehead atoms. The van der Waals surface area contributed by atoms with E-state index in [4.69, 9.17) is 0 Å². The average molecular weight is 394 g/mol. The molecular formula is C17H30Br2. The van der Waals surface area contributed by atoms with E-state index in [1.54, 1.807) is 0 Å². The van der Waals surface area contributed by atoms with Crippen LogP contribution in [0.25, 0.3) is 0 Å². The van der Waals surface area contributed by atoms with Crippen LogP contribution in [0.4, 0.5) is 0 Å². The van der Waals surface area contributed by atoms with E-state index in [-0.39, 0.29) is 0 Å². The van der Waals surface area contributed by atoms with Crippen molar-refractivity contribution in [2.24, 2.45) is 22.7 Å². The smallest absolute Gasteiger partial charge is 0.0248 e. The first-order valence-electron chi connectivity index (χ1n) is 8.10. The fourth-order valence-corrected chi connectivity index (χ4v) is 6.34. The Morgan fingerprint density at radius 1 is 1.26 bits per heavy atom. The topological polar surface area (TPSA) is 0 Å². The number of hydrogen-bond acceptors (Lipinski definition) is 0. The summed E-state index contributed by atoms with van der Waals surface area (Å²) < 4.78 is 0. The van der Waals surface area contributed by atoms with Crippen LogP contribution in [0, 0.1) is 22.7 Å². The van der Waals surface area contributed by atoms with Gasteiger partial charge in [-0.05, 0) is 67.6 Å². The second-order valence-corrected chi connectivity index (χ2v) is 9.92. The molecule has 2 aliphatic carbocycles. The van der Waals surface area contributed by atoms with Crippen LogP contribution in [0.2, 0.25) is 0 Å². The SMILES string of the molecule is CCC1CCC2(C)CC(C)CC(CC(Br)CBr)(C1)C2. The molecule has 0 nitrogen and oxygen atoms in total. The fourth-order valence-electron chi connectivity index (χ4n) is 5.43. The van der Waals surface area contributed by atoms with Crippen LogP contribution >= 0.6 is 31.9 Å². The van der Waals surface area contributed by atoms with E-state index < -0.39 is 0 Å². The molecule has 0 radical (unpaired) electrons. The third kappa shape index (κ3) is 3.99. The molecule has 2 heteroatoms. The van der Waals surface area contributed by atoms with Gasteiger partial charge in [0.1, 0.15) is 0 Å². The van der Waals surface area contributed by atoms with Gasteiger partial charge in [-0.25, -0.2) is 0 Å². The van der Waals surface area contributed by atoms with Gasteiger partial charge < -0.3 is 0 Å². The zero-order valence-corrected chi connectivity index (χ0v) is 16.0. The van der Waals surface area contributed by atoms with E-state index in [1.165, 1.54) is 51.4 Å². The molecule has 0 heterocycles. The van der Waals surface area contributed by atoms with Crippen LogP contribution in [-0.2, 0) is 0 Å². The molecule has 5 atom stereocenters. The van der Waals surface area contributed by atoms with E-state index in [2.05, 4.69) is 52.6 Å². The molecule has 5 unspecified atom stereocenters. The molecule has 0 N–H and O–H groups in total. The van der Waals surface area contributed by atoms with Gasteiger partial charge in [0.15, 0.2) is 0 Å². The van der Waals surface area contributed by atoms with Crippen molar-refractivity contribution >= 4 is 31.9 Å². The van der Waals surface area contributed by atoms with Crippen LogP contribution in [0.5, 0.6) is 0 Å². The van der Waals surface area contributed by atoms with Crippen LogP contribution in [0.1, 0.15) is 72.1 Å². The van der Waals surface area contributed by atoms with Crippen LogP contribution in [0.3, 0.4) is 0 Å². The summed E-state index contributed by atoms with van der Waals surface area (Å²) in [4.78, 5) is 0.651. The van der Waals surface area contributed by atoms with Crippen molar-refractivity contribution in [1.82, 2.24) is 0 Å². The van der Waals surface area contributed by atoms with Crippen molar-refractivity contribution in [1.29, 1.82) is 0 Å². The molecule has 112 valence electrons. The van der Waals surface area contributed by atoms with E-state index in [0.717, 1.165) is 17.2 Å². The largest absolute Gasteiger partial charge is 0.0916 e. The lowest BCUT2D eigenvalue weighted by molar-refractivity contribution is 0.0300. The zero-order chi connectivity index (χ0) is 14.1. The van der Waals surface area contributed by atoms with Crippen LogP contribution < -0.4 is 0 Å². The molecule has 0 amide bonds. The lowest BCUT2D eigenvalue weighted by Crippen LogP contribution is -2.39. The van der Waals surface area contributed by atoms with Crippen LogP contribution in [0.15, 0.2) is 0 Å². The van der Waals surface area contributed by atoms with Gasteiger partial charge in [0.05, 0.1) is 0 Å². The Kier molecular flexibility index (Phi) is 5.48. The highest BCUT2D eigenvalue weighted by Crippen LogP contribution is 2.59. The molecule has 0 aliphatic heterocycles. The maximum absolute atomic E-state index is 3.89. The van der Waals surface area contributed by atoms with Gasteiger partial charge in [0, 0.05) is 10.2 Å². The Labute approximate surface area is 136 Å². The highest BCUT2D eigenvalue weighted by Gasteiger charge is 2.48. The summed E-state index contributed by atoms with van der Waals surface area (Å²) in [5.41, 5.74) is 1.24. The first kappa shape index (κ1) is 16.3. The molecule has 2 rings (SSSR count). The number of fused-ring (bicyclic) bond motifs is 2. The minimum atomic E-state index is 0.617. The monoisotopic (exact) mass is 392 g/mol. The molecule has 2 saturated carbocycles. The second-order valence-electron chi connectivity index (χ2n) is 7.97. The Hall–Kier alpha value is 0.960. The summed E-state index contributed by atoms with van der Waals surface area (Å²) in [5.74, 6) is 1.89. The lowest BCUT2D eigenvalue weighted by atomic mass is 9.57. The van der Waals surface area contributed by atoms with E-state index in [0.29, 0.717) is 15.7 Å². The molecule has 0 aromatic rings. The van der Waals surface area contributed by atoms with E-state index in [1.807, 2.05) is 0 Å². The standard InChI is InChI=1S/C17H30Br2/c1-4-14-5-6-16(3)7-13(2)8-17(9-14,12-16)10-15(19)11-18/h13-15H,4-12H2,1-3H3. The van der Waals surface area contributed by atoms with Gasteiger partial charge in [0.2, 0.25) is 0 Å². The molecule has 0 aromatic carbocycles. The maximum Gasteiger partial charge on any atom is 0.0248 e. The summed E-state index contributed by atoms with van der Waals surface area (Å²) in [6, 6.07) is 0. The van der Waals surface area contributed by atoms with Gasteiger partial charge in [-0.15, -0.1) is 0 Å². The number of alkyl halides is 2. The molecule has 2 aliphatic rings. The van der Waals surface area contributed by atoms with E-state index in [9.17, 15) is 0 Å². The van der Waals surface area contributed by atoms with Crippen molar-refractivity contribution in [3.05, 3.63) is 0 Å². The number of hydrogen-bond donors (Lipinski definition) is 0. The van der Waals surface area contributed by atoms with Gasteiger partial charge >= 0.3 is 0 Å². The maximum atomic E-state index is 3.89. The summed E-state index contributed by atoms with van der Waals surface area (Å²) in [5, 5.41) is 1.09. The molecule has 19 heavy (non-hydrogen) atoms. The van der Waals surface area contributed by atoms with Gasteiger partial charge in [-0.2, -0.15) is 0 Å². The normalized spacial score (nSPS) is 44.7.